The van der Waals surface area contributed by atoms with Gasteiger partial charge in [-0.15, -0.1) is 5.10 Å². The van der Waals surface area contributed by atoms with Crippen molar-refractivity contribution < 1.29 is 28.2 Å². The lowest BCUT2D eigenvalue weighted by Gasteiger charge is -2.36. The number of fused-ring (bicyclic) bond motifs is 1. The number of hydrogen-bond donors (Lipinski definition) is 1. The largest absolute Gasteiger partial charge is 0.492 e. The van der Waals surface area contributed by atoms with Crippen LogP contribution in [0.5, 0.6) is 5.75 Å². The van der Waals surface area contributed by atoms with E-state index in [1.807, 2.05) is 32.9 Å². The molecule has 13 heteroatoms. The highest BCUT2D eigenvalue weighted by Crippen LogP contribution is 2.33. The number of ether oxygens (including phenoxy) is 3. The van der Waals surface area contributed by atoms with Gasteiger partial charge in [0.25, 0.3) is 0 Å². The molecule has 2 N–H and O–H groups in total. The molecular formula is C33H48Cl2N4O6Si. The van der Waals surface area contributed by atoms with E-state index in [9.17, 15) is 9.59 Å². The van der Waals surface area contributed by atoms with Crippen LogP contribution in [0.4, 0.5) is 15.3 Å². The molecule has 2 aromatic carbocycles. The fourth-order valence-electron chi connectivity index (χ4n) is 4.92. The van der Waals surface area contributed by atoms with Crippen LogP contribution in [0.2, 0.25) is 28.3 Å². The maximum Gasteiger partial charge on any atom is 0.435 e. The predicted molar refractivity (Wildman–Crippen MR) is 187 cm³/mol. The quantitative estimate of drug-likeness (QED) is 0.147. The second-order valence-corrected chi connectivity index (χ2v) is 18.8. The fraction of sp³-hybridized carbons (Fsp3) is 0.545. The molecule has 0 radical (unpaired) electrons. The van der Waals surface area contributed by atoms with Crippen molar-refractivity contribution in [3.8, 4) is 5.75 Å². The summed E-state index contributed by atoms with van der Waals surface area (Å²) >= 11 is 12.6. The first-order valence-corrected chi connectivity index (χ1v) is 18.9. The average Bonchev–Trinajstić information content (AvgIpc) is 3.30. The molecule has 0 saturated carbocycles. The van der Waals surface area contributed by atoms with Gasteiger partial charge in [0.05, 0.1) is 35.4 Å². The molecule has 3 aromatic rings. The minimum absolute atomic E-state index is 0.131. The molecule has 46 heavy (non-hydrogen) atoms. The van der Waals surface area contributed by atoms with E-state index in [1.165, 1.54) is 0 Å². The third-order valence-corrected chi connectivity index (χ3v) is 12.8. The van der Waals surface area contributed by atoms with Gasteiger partial charge in [0.15, 0.2) is 13.5 Å². The van der Waals surface area contributed by atoms with E-state index in [2.05, 4.69) is 25.9 Å². The third kappa shape index (κ3) is 10.0. The Bertz CT molecular complexity index is 1510. The van der Waals surface area contributed by atoms with Crippen molar-refractivity contribution in [3.05, 3.63) is 52.1 Å². The van der Waals surface area contributed by atoms with Gasteiger partial charge in [-0.05, 0) is 89.5 Å². The Kier molecular flexibility index (Phi) is 12.4. The Morgan fingerprint density at radius 2 is 1.59 bits per heavy atom. The van der Waals surface area contributed by atoms with Crippen molar-refractivity contribution in [1.29, 1.82) is 0 Å². The third-order valence-electron chi connectivity index (χ3n) is 7.56. The van der Waals surface area contributed by atoms with Gasteiger partial charge in [0.1, 0.15) is 23.6 Å². The van der Waals surface area contributed by atoms with E-state index in [0.29, 0.717) is 27.4 Å². The number of benzene rings is 2. The van der Waals surface area contributed by atoms with Gasteiger partial charge in [0.2, 0.25) is 0 Å². The summed E-state index contributed by atoms with van der Waals surface area (Å²) in [6, 6.07) is 13.4. The van der Waals surface area contributed by atoms with Gasteiger partial charge >= 0.3 is 12.2 Å². The Balaban J connectivity index is 1.90. The van der Waals surface area contributed by atoms with E-state index in [-0.39, 0.29) is 24.8 Å². The number of nitrogen functional groups attached to an aromatic ring is 1. The number of nitrogens with zero attached hydrogens (tertiary/aromatic N) is 3. The number of carbonyl (C=O) groups excluding carboxylic acids is 2. The van der Waals surface area contributed by atoms with Crippen molar-refractivity contribution in [2.45, 2.75) is 97.8 Å². The Morgan fingerprint density at radius 3 is 2.15 bits per heavy atom. The van der Waals surface area contributed by atoms with Crippen molar-refractivity contribution in [3.63, 3.8) is 0 Å². The molecule has 0 spiro atoms. The van der Waals surface area contributed by atoms with Crippen molar-refractivity contribution >= 4 is 60.3 Å². The molecule has 1 atom stereocenters. The molecule has 1 aromatic heterocycles. The van der Waals surface area contributed by atoms with Gasteiger partial charge < -0.3 is 29.3 Å². The van der Waals surface area contributed by atoms with Crippen LogP contribution in [0, 0.1) is 0 Å². The van der Waals surface area contributed by atoms with Gasteiger partial charge in [-0.2, -0.15) is 4.68 Å². The van der Waals surface area contributed by atoms with E-state index < -0.39 is 37.8 Å². The Morgan fingerprint density at radius 1 is 0.957 bits per heavy atom. The summed E-state index contributed by atoms with van der Waals surface area (Å²) in [4.78, 5) is 28.0. The molecule has 3 rings (SSSR count). The summed E-state index contributed by atoms with van der Waals surface area (Å²) in [5, 5.41) is 5.36. The van der Waals surface area contributed by atoms with Crippen molar-refractivity contribution in [1.82, 2.24) is 14.7 Å². The van der Waals surface area contributed by atoms with Crippen LogP contribution in [-0.4, -0.2) is 66.1 Å². The minimum Gasteiger partial charge on any atom is -0.492 e. The Labute approximate surface area is 283 Å². The standard InChI is InChI=1S/C33H48Cl2N4O6Si/c1-10-46(11-2,12-3)45-28(22-13-16-25(34)26(36)19-22)21-38(30(40)43-32(4,5)6)17-18-42-23-14-15-24-27(20-23)39(37-29(24)35)31(41)44-33(7,8)9/h13-16,19-20,28H,10-12,17-18,21,36H2,1-9H3/t28-/m0/s1. The van der Waals surface area contributed by atoms with Gasteiger partial charge in [-0.3, -0.25) is 0 Å². The molecule has 1 amide bonds. The van der Waals surface area contributed by atoms with E-state index >= 15 is 0 Å². The molecule has 0 aliphatic heterocycles. The SMILES string of the molecule is CC[Si](CC)(CC)O[C@@H](CN(CCOc1ccc2c(Cl)nn(C(=O)OC(C)(C)C)c2c1)C(=O)OC(C)(C)C)c1ccc(Cl)c(N)c1. The van der Waals surface area contributed by atoms with Crippen molar-refractivity contribution in [2.75, 3.05) is 25.4 Å². The second kappa shape index (κ2) is 15.3. The van der Waals surface area contributed by atoms with Crippen molar-refractivity contribution in [2.24, 2.45) is 0 Å². The molecule has 0 saturated heterocycles. The molecule has 0 bridgehead atoms. The lowest BCUT2D eigenvalue weighted by molar-refractivity contribution is 0.0131. The van der Waals surface area contributed by atoms with Crippen LogP contribution < -0.4 is 10.5 Å². The van der Waals surface area contributed by atoms with E-state index in [0.717, 1.165) is 28.4 Å². The van der Waals surface area contributed by atoms with Gasteiger partial charge in [-0.25, -0.2) is 9.59 Å². The highest BCUT2D eigenvalue weighted by molar-refractivity contribution is 6.73. The first-order valence-electron chi connectivity index (χ1n) is 15.7. The number of halogens is 2. The topological polar surface area (TPSA) is 118 Å². The number of amides is 1. The minimum atomic E-state index is -2.12. The second-order valence-electron chi connectivity index (χ2n) is 13.3. The number of hydrogen-bond acceptors (Lipinski definition) is 8. The first-order chi connectivity index (χ1) is 21.4. The summed E-state index contributed by atoms with van der Waals surface area (Å²) < 4.78 is 25.5. The molecule has 0 unspecified atom stereocenters. The van der Waals surface area contributed by atoms with E-state index in [1.54, 1.807) is 49.9 Å². The lowest BCUT2D eigenvalue weighted by atomic mass is 10.1. The smallest absolute Gasteiger partial charge is 0.435 e. The average molecular weight is 696 g/mol. The molecule has 10 nitrogen and oxygen atoms in total. The monoisotopic (exact) mass is 694 g/mol. The number of nitrogens with two attached hydrogens (primary N) is 1. The molecule has 254 valence electrons. The summed E-state index contributed by atoms with van der Waals surface area (Å²) in [5.41, 5.74) is 6.48. The number of carbonyl (C=O) groups is 2. The van der Waals surface area contributed by atoms with Crippen LogP contribution in [0.3, 0.4) is 0 Å². The lowest BCUT2D eigenvalue weighted by Crippen LogP contribution is -2.45. The first kappa shape index (κ1) is 37.5. The van der Waals surface area contributed by atoms with Crippen LogP contribution in [-0.2, 0) is 13.9 Å². The van der Waals surface area contributed by atoms with Crippen LogP contribution in [0.15, 0.2) is 36.4 Å². The summed E-state index contributed by atoms with van der Waals surface area (Å²) in [7, 11) is -2.12. The molecule has 1 heterocycles. The molecular weight excluding hydrogens is 647 g/mol. The highest BCUT2D eigenvalue weighted by Gasteiger charge is 2.35. The summed E-state index contributed by atoms with van der Waals surface area (Å²) in [5.74, 6) is 0.464. The number of aromatic nitrogens is 2. The highest BCUT2D eigenvalue weighted by atomic mass is 35.5. The predicted octanol–water partition coefficient (Wildman–Crippen LogP) is 9.09. The van der Waals surface area contributed by atoms with Crippen LogP contribution in [0.1, 0.15) is 74.0 Å². The zero-order valence-corrected chi connectivity index (χ0v) is 30.9. The maximum atomic E-state index is 13.6. The fourth-order valence-corrected chi connectivity index (χ4v) is 8.09. The van der Waals surface area contributed by atoms with Crippen LogP contribution >= 0.6 is 23.2 Å². The molecule has 0 fully saturated rings. The Hall–Kier alpha value is -2.99. The summed E-state index contributed by atoms with van der Waals surface area (Å²) in [6.45, 7) is 17.8. The van der Waals surface area contributed by atoms with Gasteiger partial charge in [0, 0.05) is 11.5 Å². The van der Waals surface area contributed by atoms with E-state index in [4.69, 9.17) is 47.6 Å². The zero-order valence-electron chi connectivity index (χ0n) is 28.4. The number of anilines is 1. The van der Waals surface area contributed by atoms with Gasteiger partial charge in [-0.1, -0.05) is 50.0 Å². The maximum absolute atomic E-state index is 13.6. The normalized spacial score (nSPS) is 13.0. The summed E-state index contributed by atoms with van der Waals surface area (Å²) in [6.07, 6.45) is -1.61. The molecule has 0 aliphatic rings. The molecule has 0 aliphatic carbocycles. The number of rotatable bonds is 12. The van der Waals surface area contributed by atoms with Crippen LogP contribution in [0.25, 0.3) is 10.9 Å². The zero-order chi connectivity index (χ0) is 34.4.